The first kappa shape index (κ1) is 15.2. The summed E-state index contributed by atoms with van der Waals surface area (Å²) >= 11 is 3.05. The van der Waals surface area contributed by atoms with Crippen LogP contribution in [-0.2, 0) is 4.79 Å². The number of thioether (sulfide) groups is 1. The summed E-state index contributed by atoms with van der Waals surface area (Å²) in [5.74, 6) is 0.528. The van der Waals surface area contributed by atoms with Crippen molar-refractivity contribution in [3.63, 3.8) is 0 Å². The number of hydrogen-bond acceptors (Lipinski definition) is 6. The van der Waals surface area contributed by atoms with Gasteiger partial charge in [-0.15, -0.1) is 23.0 Å². The second kappa shape index (κ2) is 6.26. The van der Waals surface area contributed by atoms with Gasteiger partial charge in [0.25, 0.3) is 5.91 Å². The molecule has 0 saturated heterocycles. The van der Waals surface area contributed by atoms with Crippen molar-refractivity contribution in [2.45, 2.75) is 6.17 Å². The summed E-state index contributed by atoms with van der Waals surface area (Å²) in [4.78, 5) is 18.6. The van der Waals surface area contributed by atoms with E-state index < -0.39 is 0 Å². The third kappa shape index (κ3) is 2.55. The van der Waals surface area contributed by atoms with E-state index >= 15 is 0 Å². The Morgan fingerprint density at radius 2 is 2.21 bits per heavy atom. The smallest absolute Gasteiger partial charge is 0.276 e. The second-order valence-electron chi connectivity index (χ2n) is 5.19. The fourth-order valence-electron chi connectivity index (χ4n) is 2.65. The Labute approximate surface area is 147 Å². The number of benzene rings is 1. The SMILES string of the molecule is C=CCSC1=NN2C(=c3ccccc3=N[C@@H]2c2cccs2)C(=O)N1. The van der Waals surface area contributed by atoms with Gasteiger partial charge < -0.3 is 0 Å². The molecule has 0 bridgehead atoms. The van der Waals surface area contributed by atoms with Crippen molar-refractivity contribution in [3.8, 4) is 0 Å². The minimum absolute atomic E-state index is 0.152. The highest BCUT2D eigenvalue weighted by atomic mass is 32.2. The van der Waals surface area contributed by atoms with Gasteiger partial charge in [0.1, 0.15) is 5.70 Å². The Bertz CT molecular complexity index is 949. The minimum Gasteiger partial charge on any atom is -0.298 e. The van der Waals surface area contributed by atoms with Gasteiger partial charge in [-0.25, -0.2) is 5.01 Å². The van der Waals surface area contributed by atoms with E-state index in [0.717, 1.165) is 15.5 Å². The molecule has 0 fully saturated rings. The molecule has 2 aliphatic rings. The first-order chi connectivity index (χ1) is 11.8. The highest BCUT2D eigenvalue weighted by Gasteiger charge is 2.34. The molecular formula is C17H14N4OS2. The zero-order valence-electron chi connectivity index (χ0n) is 12.7. The van der Waals surface area contributed by atoms with Crippen LogP contribution in [0.4, 0.5) is 0 Å². The van der Waals surface area contributed by atoms with Crippen LogP contribution in [0.25, 0.3) is 5.70 Å². The molecule has 2 aromatic rings. The van der Waals surface area contributed by atoms with E-state index in [1.54, 1.807) is 22.4 Å². The van der Waals surface area contributed by atoms with Gasteiger partial charge in [0.05, 0.1) is 10.2 Å². The van der Waals surface area contributed by atoms with Crippen molar-refractivity contribution in [1.82, 2.24) is 10.3 Å². The molecular weight excluding hydrogens is 340 g/mol. The molecule has 5 nitrogen and oxygen atoms in total. The average Bonchev–Trinajstić information content (AvgIpc) is 3.13. The fourth-order valence-corrected chi connectivity index (χ4v) is 3.99. The Morgan fingerprint density at radius 1 is 1.33 bits per heavy atom. The number of nitrogens with zero attached hydrogens (tertiary/aromatic N) is 3. The minimum atomic E-state index is -0.319. The van der Waals surface area contributed by atoms with Crippen molar-refractivity contribution in [3.05, 3.63) is 69.9 Å². The first-order valence-electron chi connectivity index (χ1n) is 7.41. The summed E-state index contributed by atoms with van der Waals surface area (Å²) in [7, 11) is 0. The standard InChI is InChI=1S/C17H14N4OS2/c1-2-9-24-17-19-16(22)14-11-6-3-4-7-12(11)18-15(21(14)20-17)13-8-5-10-23-13/h2-8,10,15H,1,9H2,(H,19,20,22)/t15-/m0/s1. The Kier molecular flexibility index (Phi) is 3.95. The van der Waals surface area contributed by atoms with Gasteiger partial charge in [-0.1, -0.05) is 42.1 Å². The number of hydrogen-bond donors (Lipinski definition) is 1. The molecule has 1 N–H and O–H groups in total. The molecule has 1 aromatic heterocycles. The van der Waals surface area contributed by atoms with Gasteiger partial charge in [0.2, 0.25) is 0 Å². The molecule has 120 valence electrons. The first-order valence-corrected chi connectivity index (χ1v) is 9.28. The van der Waals surface area contributed by atoms with Crippen molar-refractivity contribution in [2.75, 3.05) is 5.75 Å². The van der Waals surface area contributed by atoms with E-state index in [2.05, 4.69) is 17.0 Å². The molecule has 7 heteroatoms. The average molecular weight is 354 g/mol. The lowest BCUT2D eigenvalue weighted by Crippen LogP contribution is -2.50. The van der Waals surface area contributed by atoms with Crippen LogP contribution in [-0.4, -0.2) is 21.8 Å². The number of rotatable bonds is 3. The van der Waals surface area contributed by atoms with Gasteiger partial charge >= 0.3 is 0 Å². The van der Waals surface area contributed by atoms with Crippen LogP contribution >= 0.6 is 23.1 Å². The predicted molar refractivity (Wildman–Crippen MR) is 97.8 cm³/mol. The summed E-state index contributed by atoms with van der Waals surface area (Å²) in [5.41, 5.74) is 0.543. The molecule has 2 aliphatic heterocycles. The maximum absolute atomic E-state index is 12.7. The van der Waals surface area contributed by atoms with E-state index in [-0.39, 0.29) is 12.1 Å². The third-order valence-electron chi connectivity index (χ3n) is 3.65. The van der Waals surface area contributed by atoms with Crippen LogP contribution in [0.2, 0.25) is 0 Å². The van der Waals surface area contributed by atoms with Crippen LogP contribution in [0, 0.1) is 0 Å². The summed E-state index contributed by atoms with van der Waals surface area (Å²) < 4.78 is 0. The number of thiophene rings is 1. The molecule has 0 radical (unpaired) electrons. The second-order valence-corrected chi connectivity index (χ2v) is 7.18. The molecule has 3 heterocycles. The molecule has 4 rings (SSSR count). The number of amidine groups is 1. The summed E-state index contributed by atoms with van der Waals surface area (Å²) in [6.07, 6.45) is 1.46. The number of carbonyl (C=O) groups is 1. The van der Waals surface area contributed by atoms with Gasteiger partial charge in [-0.3, -0.25) is 15.1 Å². The Hall–Kier alpha value is -2.38. The number of carbonyl (C=O) groups excluding carboxylic acids is 1. The predicted octanol–water partition coefficient (Wildman–Crippen LogP) is 1.81. The highest BCUT2D eigenvalue weighted by molar-refractivity contribution is 8.14. The maximum atomic E-state index is 12.7. The van der Waals surface area contributed by atoms with Crippen LogP contribution < -0.4 is 15.9 Å². The lowest BCUT2D eigenvalue weighted by molar-refractivity contribution is -0.116. The van der Waals surface area contributed by atoms with E-state index in [1.807, 2.05) is 41.8 Å². The lowest BCUT2D eigenvalue weighted by Gasteiger charge is -2.33. The van der Waals surface area contributed by atoms with Crippen LogP contribution in [0.15, 0.2) is 64.5 Å². The summed E-state index contributed by atoms with van der Waals surface area (Å²) in [6, 6.07) is 11.7. The number of nitrogens with one attached hydrogen (secondary N) is 1. The number of para-hydroxylation sites is 1. The summed E-state index contributed by atoms with van der Waals surface area (Å²) in [5, 5.41) is 13.4. The zero-order valence-corrected chi connectivity index (χ0v) is 14.3. The Balaban J connectivity index is 1.91. The topological polar surface area (TPSA) is 57.1 Å². The molecule has 0 saturated carbocycles. The third-order valence-corrected chi connectivity index (χ3v) is 5.42. The van der Waals surface area contributed by atoms with Gasteiger partial charge in [-0.05, 0) is 17.5 Å². The van der Waals surface area contributed by atoms with Crippen LogP contribution in [0.3, 0.4) is 0 Å². The molecule has 0 aliphatic carbocycles. The van der Waals surface area contributed by atoms with Crippen LogP contribution in [0.5, 0.6) is 0 Å². The number of amides is 1. The maximum Gasteiger partial charge on any atom is 0.276 e. The van der Waals surface area contributed by atoms with Crippen molar-refractivity contribution in [1.29, 1.82) is 0 Å². The van der Waals surface area contributed by atoms with Gasteiger partial charge in [0.15, 0.2) is 11.3 Å². The number of fused-ring (bicyclic) bond motifs is 2. The normalized spacial score (nSPS) is 18.9. The summed E-state index contributed by atoms with van der Waals surface area (Å²) in [6.45, 7) is 3.71. The molecule has 1 atom stereocenters. The highest BCUT2D eigenvalue weighted by Crippen LogP contribution is 2.32. The molecule has 0 spiro atoms. The van der Waals surface area contributed by atoms with Crippen LogP contribution in [0.1, 0.15) is 11.0 Å². The quantitative estimate of drug-likeness (QED) is 0.856. The monoisotopic (exact) mass is 354 g/mol. The van der Waals surface area contributed by atoms with E-state index in [0.29, 0.717) is 16.6 Å². The molecule has 1 aromatic carbocycles. The molecule has 0 unspecified atom stereocenters. The van der Waals surface area contributed by atoms with E-state index in [9.17, 15) is 4.79 Å². The molecule has 24 heavy (non-hydrogen) atoms. The van der Waals surface area contributed by atoms with Gasteiger partial charge in [0, 0.05) is 11.0 Å². The molecule has 1 amide bonds. The van der Waals surface area contributed by atoms with Gasteiger partial charge in [-0.2, -0.15) is 0 Å². The van der Waals surface area contributed by atoms with E-state index in [4.69, 9.17) is 4.99 Å². The van der Waals surface area contributed by atoms with Crippen molar-refractivity contribution in [2.24, 2.45) is 10.1 Å². The lowest BCUT2D eigenvalue weighted by atomic mass is 10.1. The Morgan fingerprint density at radius 3 is 3.00 bits per heavy atom. The fraction of sp³-hybridized carbons (Fsp3) is 0.118. The van der Waals surface area contributed by atoms with Crippen molar-refractivity contribution < 1.29 is 4.79 Å². The van der Waals surface area contributed by atoms with E-state index in [1.165, 1.54) is 11.8 Å². The number of hydrazone groups is 1. The largest absolute Gasteiger partial charge is 0.298 e. The van der Waals surface area contributed by atoms with Crippen molar-refractivity contribution >= 4 is 39.9 Å². The zero-order chi connectivity index (χ0) is 16.5.